The predicted molar refractivity (Wildman–Crippen MR) is 110 cm³/mol. The maximum absolute atomic E-state index is 5.88. The van der Waals surface area contributed by atoms with Gasteiger partial charge in [0.05, 0.1) is 14.2 Å². The molecule has 0 aliphatic rings. The summed E-state index contributed by atoms with van der Waals surface area (Å²) < 4.78 is 11.0. The van der Waals surface area contributed by atoms with Gasteiger partial charge in [-0.1, -0.05) is 60.7 Å². The fourth-order valence-corrected chi connectivity index (χ4v) is 3.08. The van der Waals surface area contributed by atoms with Crippen molar-refractivity contribution in [1.82, 2.24) is 0 Å². The smallest absolute Gasteiger partial charge is 0.161 e. The SMILES string of the molecule is COc1cc(CCN)c(C(=[C]c2ccccc2)c2ccccc2)cc1OC.[Br-].[Pd]. The summed E-state index contributed by atoms with van der Waals surface area (Å²) in [4.78, 5) is 0. The third-order valence-corrected chi connectivity index (χ3v) is 4.40. The summed E-state index contributed by atoms with van der Waals surface area (Å²) in [6.45, 7) is 0.551. The molecule has 3 aromatic rings. The molecule has 3 nitrogen and oxygen atoms in total. The second-order valence-electron chi connectivity index (χ2n) is 6.14. The number of ether oxygens (including phenoxy) is 2. The Morgan fingerprint density at radius 2 is 1.41 bits per heavy atom. The summed E-state index contributed by atoms with van der Waals surface area (Å²) in [5, 5.41) is 0. The van der Waals surface area contributed by atoms with Crippen LogP contribution in [0.2, 0.25) is 0 Å². The fourth-order valence-electron chi connectivity index (χ4n) is 3.08. The number of benzene rings is 3. The quantitative estimate of drug-likeness (QED) is 0.362. The summed E-state index contributed by atoms with van der Waals surface area (Å²) in [6, 6.07) is 24.4. The van der Waals surface area contributed by atoms with Crippen molar-refractivity contribution in [2.24, 2.45) is 5.73 Å². The van der Waals surface area contributed by atoms with Gasteiger partial charge in [0.1, 0.15) is 0 Å². The van der Waals surface area contributed by atoms with Gasteiger partial charge in [-0.25, -0.2) is 0 Å². The zero-order valence-electron chi connectivity index (χ0n) is 16.4. The molecule has 3 aromatic carbocycles. The number of hydrogen-bond acceptors (Lipinski definition) is 3. The molecule has 0 saturated heterocycles. The van der Waals surface area contributed by atoms with Crippen molar-refractivity contribution < 1.29 is 46.9 Å². The van der Waals surface area contributed by atoms with Gasteiger partial charge in [0.25, 0.3) is 0 Å². The van der Waals surface area contributed by atoms with Crippen LogP contribution in [-0.4, -0.2) is 20.8 Å². The second kappa shape index (κ2) is 12.6. The number of halogens is 1. The summed E-state index contributed by atoms with van der Waals surface area (Å²) in [6.07, 6.45) is 4.32. The van der Waals surface area contributed by atoms with Crippen molar-refractivity contribution in [2.75, 3.05) is 20.8 Å². The zero-order chi connectivity index (χ0) is 19.1. The Hall–Kier alpha value is -1.90. The molecule has 0 spiro atoms. The fraction of sp³-hybridized carbons (Fsp3) is 0.167. The van der Waals surface area contributed by atoms with E-state index in [1.807, 2.05) is 60.7 Å². The van der Waals surface area contributed by atoms with Gasteiger partial charge >= 0.3 is 0 Å². The molecule has 0 bridgehead atoms. The Balaban J connectivity index is 0.00000210. The number of rotatable bonds is 7. The average molecular weight is 545 g/mol. The molecule has 0 aliphatic heterocycles. The molecule has 0 fully saturated rings. The minimum Gasteiger partial charge on any atom is -1.00 e. The van der Waals surface area contributed by atoms with Crippen LogP contribution in [0.5, 0.6) is 11.5 Å². The molecule has 0 unspecified atom stereocenters. The van der Waals surface area contributed by atoms with E-state index < -0.39 is 0 Å². The van der Waals surface area contributed by atoms with Gasteiger partial charge in [0.2, 0.25) is 0 Å². The molecule has 0 saturated carbocycles. The van der Waals surface area contributed by atoms with Crippen LogP contribution in [0.3, 0.4) is 0 Å². The topological polar surface area (TPSA) is 44.5 Å². The van der Waals surface area contributed by atoms with Gasteiger partial charge in [-0.15, -0.1) is 0 Å². The van der Waals surface area contributed by atoms with E-state index in [-0.39, 0.29) is 37.4 Å². The van der Waals surface area contributed by atoms with Crippen molar-refractivity contribution in [3.63, 3.8) is 0 Å². The summed E-state index contributed by atoms with van der Waals surface area (Å²) in [7, 11) is 3.30. The maximum Gasteiger partial charge on any atom is 0.161 e. The van der Waals surface area contributed by atoms with Crippen LogP contribution >= 0.6 is 0 Å². The van der Waals surface area contributed by atoms with Gasteiger partial charge in [-0.2, -0.15) is 0 Å². The molecule has 5 heteroatoms. The van der Waals surface area contributed by atoms with E-state index >= 15 is 0 Å². The molecule has 0 amide bonds. The van der Waals surface area contributed by atoms with Gasteiger partial charge in [-0.3, -0.25) is 0 Å². The van der Waals surface area contributed by atoms with E-state index in [9.17, 15) is 0 Å². The first-order chi connectivity index (χ1) is 13.3. The Morgan fingerprint density at radius 1 is 0.862 bits per heavy atom. The normalized spacial score (nSPS) is 10.5. The summed E-state index contributed by atoms with van der Waals surface area (Å²) in [5.74, 6) is 1.40. The Morgan fingerprint density at radius 3 is 1.97 bits per heavy atom. The van der Waals surface area contributed by atoms with Crippen LogP contribution in [0.15, 0.2) is 72.8 Å². The van der Waals surface area contributed by atoms with Crippen molar-refractivity contribution in [3.05, 3.63) is 101 Å². The minimum absolute atomic E-state index is 0. The van der Waals surface area contributed by atoms with Crippen molar-refractivity contribution in [2.45, 2.75) is 6.42 Å². The first-order valence-electron chi connectivity index (χ1n) is 8.96. The number of hydrogen-bond donors (Lipinski definition) is 1. The molecule has 3 rings (SSSR count). The number of methoxy groups -OCH3 is 2. The van der Waals surface area contributed by atoms with E-state index in [1.165, 1.54) is 0 Å². The van der Waals surface area contributed by atoms with E-state index in [4.69, 9.17) is 15.2 Å². The molecule has 1 radical (unpaired) electrons. The molecule has 0 atom stereocenters. The van der Waals surface area contributed by atoms with Crippen LogP contribution < -0.4 is 32.2 Å². The van der Waals surface area contributed by atoms with Gasteiger partial charge in [0, 0.05) is 20.4 Å². The molecule has 2 N–H and O–H groups in total. The third kappa shape index (κ3) is 6.29. The average Bonchev–Trinajstić information content (AvgIpc) is 2.73. The van der Waals surface area contributed by atoms with Gasteiger partial charge in [-0.05, 0) is 59.0 Å². The van der Waals surface area contributed by atoms with Crippen LogP contribution in [0.1, 0.15) is 22.3 Å². The molecule has 0 heterocycles. The van der Waals surface area contributed by atoms with Crippen LogP contribution in [0.25, 0.3) is 5.57 Å². The number of nitrogens with two attached hydrogens (primary N) is 1. The van der Waals surface area contributed by atoms with E-state index in [2.05, 4.69) is 18.2 Å². The molecule has 155 valence electrons. The standard InChI is InChI=1S/C24H24NO2.BrH.Pd/c1-26-23-16-20(13-14-25)22(17-24(23)27-2)21(19-11-7-4-8-12-19)15-18-9-5-3-6-10-18;;/h3-12,16-17H,13-14,25H2,1-2H3;1H;/p-1. The third-order valence-electron chi connectivity index (χ3n) is 4.40. The van der Waals surface area contributed by atoms with Crippen LogP contribution in [-0.2, 0) is 26.8 Å². The molecular formula is C24H24BrNO2Pd-. The Labute approximate surface area is 197 Å². The zero-order valence-corrected chi connectivity index (χ0v) is 19.6. The largest absolute Gasteiger partial charge is 1.00 e. The molecule has 29 heavy (non-hydrogen) atoms. The first-order valence-corrected chi connectivity index (χ1v) is 8.96. The van der Waals surface area contributed by atoms with Crippen LogP contribution in [0.4, 0.5) is 0 Å². The minimum atomic E-state index is 0. The second-order valence-corrected chi connectivity index (χ2v) is 6.14. The van der Waals surface area contributed by atoms with Crippen molar-refractivity contribution in [3.8, 4) is 11.5 Å². The Bertz CT molecular complexity index is 915. The van der Waals surface area contributed by atoms with E-state index in [1.54, 1.807) is 14.2 Å². The summed E-state index contributed by atoms with van der Waals surface area (Å²) in [5.41, 5.74) is 11.2. The van der Waals surface area contributed by atoms with E-state index in [0.29, 0.717) is 18.0 Å². The summed E-state index contributed by atoms with van der Waals surface area (Å²) >= 11 is 0. The van der Waals surface area contributed by atoms with E-state index in [0.717, 1.165) is 34.2 Å². The molecule has 0 aliphatic carbocycles. The van der Waals surface area contributed by atoms with Crippen LogP contribution in [0, 0.1) is 6.08 Å². The van der Waals surface area contributed by atoms with Gasteiger partial charge in [0.15, 0.2) is 11.5 Å². The van der Waals surface area contributed by atoms with Crippen molar-refractivity contribution >= 4 is 5.57 Å². The Kier molecular flexibility index (Phi) is 10.9. The predicted octanol–water partition coefficient (Wildman–Crippen LogP) is 1.49. The monoisotopic (exact) mass is 543 g/mol. The molecule has 0 aromatic heterocycles. The van der Waals surface area contributed by atoms with Gasteiger partial charge < -0.3 is 32.2 Å². The molecular weight excluding hydrogens is 521 g/mol. The van der Waals surface area contributed by atoms with Crippen molar-refractivity contribution in [1.29, 1.82) is 0 Å². The first kappa shape index (κ1) is 25.1. The maximum atomic E-state index is 5.88.